The largest absolute Gasteiger partial charge is 0.340 e. The number of nitrogens with two attached hydrogens (primary N) is 1. The molecule has 0 radical (unpaired) electrons. The lowest BCUT2D eigenvalue weighted by atomic mass is 9.85. The van der Waals surface area contributed by atoms with E-state index in [2.05, 4.69) is 68.9 Å². The average molecular weight is 395 g/mol. The van der Waals surface area contributed by atoms with Gasteiger partial charge in [0, 0.05) is 36.1 Å². The monoisotopic (exact) mass is 394 g/mol. The van der Waals surface area contributed by atoms with Crippen molar-refractivity contribution in [3.05, 3.63) is 64.7 Å². The molecule has 2 aromatic heterocycles. The molecule has 0 saturated heterocycles. The summed E-state index contributed by atoms with van der Waals surface area (Å²) in [6.45, 7) is 11.5. The smallest absolute Gasteiger partial charge is 0.165 e. The molecule has 0 saturated carbocycles. The Labute approximate surface area is 172 Å². The van der Waals surface area contributed by atoms with Crippen LogP contribution in [0.1, 0.15) is 48.8 Å². The summed E-state index contributed by atoms with van der Waals surface area (Å²) in [5.74, 6) is 0.804. The zero-order valence-electron chi connectivity index (χ0n) is 17.5. The molecule has 1 aromatic carbocycles. The maximum absolute atomic E-state index is 6.28. The number of imidazole rings is 1. The van der Waals surface area contributed by atoms with Crippen molar-refractivity contribution in [1.29, 1.82) is 0 Å². The number of thioether (sulfide) groups is 1. The summed E-state index contributed by atoms with van der Waals surface area (Å²) in [5.41, 5.74) is 14.7. The Morgan fingerprint density at radius 3 is 2.36 bits per heavy atom. The van der Waals surface area contributed by atoms with Crippen LogP contribution in [0.4, 0.5) is 0 Å². The molecule has 4 nitrogen and oxygen atoms in total. The van der Waals surface area contributed by atoms with Gasteiger partial charge < -0.3 is 10.7 Å². The Morgan fingerprint density at radius 1 is 1.07 bits per heavy atom. The van der Waals surface area contributed by atoms with Crippen LogP contribution in [0.2, 0.25) is 0 Å². The molecule has 0 atom stereocenters. The normalized spacial score (nSPS) is 11.8. The highest BCUT2D eigenvalue weighted by Crippen LogP contribution is 2.36. The first-order valence-corrected chi connectivity index (χ1v) is 10.7. The van der Waals surface area contributed by atoms with Crippen molar-refractivity contribution in [2.45, 2.75) is 58.5 Å². The highest BCUT2D eigenvalue weighted by Gasteiger charge is 2.22. The second-order valence-electron chi connectivity index (χ2n) is 8.47. The molecular formula is C23H30N4S. The van der Waals surface area contributed by atoms with Gasteiger partial charge in [0.15, 0.2) is 5.16 Å². The third-order valence-electron chi connectivity index (χ3n) is 4.76. The number of nitrogens with one attached hydrogen (secondary N) is 1. The molecule has 5 heteroatoms. The van der Waals surface area contributed by atoms with Crippen molar-refractivity contribution in [3.63, 3.8) is 0 Å². The van der Waals surface area contributed by atoms with Gasteiger partial charge >= 0.3 is 0 Å². The third-order valence-corrected chi connectivity index (χ3v) is 5.69. The van der Waals surface area contributed by atoms with E-state index in [0.29, 0.717) is 6.54 Å². The van der Waals surface area contributed by atoms with Gasteiger partial charge in [-0.1, -0.05) is 62.4 Å². The van der Waals surface area contributed by atoms with E-state index in [1.807, 2.05) is 6.20 Å². The topological polar surface area (TPSA) is 67.6 Å². The minimum Gasteiger partial charge on any atom is -0.340 e. The van der Waals surface area contributed by atoms with Gasteiger partial charge in [-0.2, -0.15) is 0 Å². The number of aromatic amines is 1. The molecule has 3 aromatic rings. The number of rotatable bonds is 6. The van der Waals surface area contributed by atoms with Crippen LogP contribution in [0, 0.1) is 19.3 Å². The van der Waals surface area contributed by atoms with Crippen LogP contribution >= 0.6 is 11.8 Å². The lowest BCUT2D eigenvalue weighted by Crippen LogP contribution is -2.17. The molecule has 28 heavy (non-hydrogen) atoms. The molecule has 0 bridgehead atoms. The van der Waals surface area contributed by atoms with E-state index in [1.165, 1.54) is 27.8 Å². The summed E-state index contributed by atoms with van der Waals surface area (Å²) >= 11 is 1.70. The Hall–Kier alpha value is -2.11. The summed E-state index contributed by atoms with van der Waals surface area (Å²) in [7, 11) is 0. The third kappa shape index (κ3) is 4.83. The molecule has 0 amide bonds. The standard InChI is InChI=1S/C23H30N4S/c1-15-6-8-17(9-7-15)21-18(13-24)20(12-23(3,4)5)27-16(2)19(21)14-28-22-25-10-11-26-22/h6-11H,12-14,24H2,1-5H3,(H,25,26). The van der Waals surface area contributed by atoms with Crippen LogP contribution in [0.3, 0.4) is 0 Å². The van der Waals surface area contributed by atoms with Gasteiger partial charge in [-0.05, 0) is 47.9 Å². The molecule has 3 rings (SSSR count). The first-order chi connectivity index (χ1) is 13.3. The molecule has 0 spiro atoms. The number of aromatic nitrogens is 3. The molecular weight excluding hydrogens is 364 g/mol. The Morgan fingerprint density at radius 2 is 1.79 bits per heavy atom. The van der Waals surface area contributed by atoms with Crippen molar-refractivity contribution >= 4 is 11.8 Å². The van der Waals surface area contributed by atoms with E-state index in [9.17, 15) is 0 Å². The number of nitrogens with zero attached hydrogens (tertiary/aromatic N) is 2. The molecule has 0 aliphatic carbocycles. The van der Waals surface area contributed by atoms with E-state index in [4.69, 9.17) is 10.7 Å². The number of aryl methyl sites for hydroxylation is 2. The van der Waals surface area contributed by atoms with Gasteiger partial charge in [0.1, 0.15) is 0 Å². The van der Waals surface area contributed by atoms with Crippen molar-refractivity contribution in [3.8, 4) is 11.1 Å². The predicted molar refractivity (Wildman–Crippen MR) is 118 cm³/mol. The predicted octanol–water partition coefficient (Wildman–Crippen LogP) is 5.43. The highest BCUT2D eigenvalue weighted by atomic mass is 32.2. The van der Waals surface area contributed by atoms with Gasteiger partial charge in [0.25, 0.3) is 0 Å². The summed E-state index contributed by atoms with van der Waals surface area (Å²) < 4.78 is 0. The molecule has 3 N–H and O–H groups in total. The van der Waals surface area contributed by atoms with E-state index >= 15 is 0 Å². The second-order valence-corrected chi connectivity index (χ2v) is 9.43. The van der Waals surface area contributed by atoms with Crippen molar-refractivity contribution in [2.24, 2.45) is 11.1 Å². The number of pyridine rings is 1. The van der Waals surface area contributed by atoms with E-state index in [-0.39, 0.29) is 5.41 Å². The summed E-state index contributed by atoms with van der Waals surface area (Å²) in [6.07, 6.45) is 4.54. The van der Waals surface area contributed by atoms with Crippen LogP contribution in [0.15, 0.2) is 41.8 Å². The quantitative estimate of drug-likeness (QED) is 0.547. The molecule has 2 heterocycles. The fourth-order valence-corrected chi connectivity index (χ4v) is 4.35. The fraction of sp³-hybridized carbons (Fsp3) is 0.391. The highest BCUT2D eigenvalue weighted by molar-refractivity contribution is 7.98. The number of hydrogen-bond acceptors (Lipinski definition) is 4. The number of benzene rings is 1. The van der Waals surface area contributed by atoms with Crippen LogP contribution in [-0.4, -0.2) is 15.0 Å². The molecule has 0 aliphatic heterocycles. The zero-order valence-corrected chi connectivity index (χ0v) is 18.3. The van der Waals surface area contributed by atoms with Gasteiger partial charge in [-0.15, -0.1) is 0 Å². The van der Waals surface area contributed by atoms with Crippen LogP contribution in [-0.2, 0) is 18.7 Å². The lowest BCUT2D eigenvalue weighted by molar-refractivity contribution is 0.404. The minimum absolute atomic E-state index is 0.151. The summed E-state index contributed by atoms with van der Waals surface area (Å²) in [5, 5.41) is 0.919. The summed E-state index contributed by atoms with van der Waals surface area (Å²) in [6, 6.07) is 8.73. The van der Waals surface area contributed by atoms with Crippen molar-refractivity contribution in [1.82, 2.24) is 15.0 Å². The molecule has 0 fully saturated rings. The van der Waals surface area contributed by atoms with E-state index in [0.717, 1.165) is 28.7 Å². The van der Waals surface area contributed by atoms with Gasteiger partial charge in [0.2, 0.25) is 0 Å². The van der Waals surface area contributed by atoms with Gasteiger partial charge in [-0.3, -0.25) is 4.98 Å². The maximum atomic E-state index is 6.28. The molecule has 0 aliphatic rings. The van der Waals surface area contributed by atoms with Crippen molar-refractivity contribution in [2.75, 3.05) is 0 Å². The van der Waals surface area contributed by atoms with Crippen LogP contribution < -0.4 is 5.73 Å². The van der Waals surface area contributed by atoms with Gasteiger partial charge in [-0.25, -0.2) is 4.98 Å². The van der Waals surface area contributed by atoms with Crippen LogP contribution in [0.5, 0.6) is 0 Å². The van der Waals surface area contributed by atoms with Crippen molar-refractivity contribution < 1.29 is 0 Å². The average Bonchev–Trinajstić information content (AvgIpc) is 3.13. The second kappa shape index (κ2) is 8.50. The first kappa shape index (κ1) is 20.6. The summed E-state index contributed by atoms with van der Waals surface area (Å²) in [4.78, 5) is 12.5. The Bertz CT molecular complexity index is 923. The van der Waals surface area contributed by atoms with E-state index < -0.39 is 0 Å². The van der Waals surface area contributed by atoms with Crippen LogP contribution in [0.25, 0.3) is 11.1 Å². The van der Waals surface area contributed by atoms with Gasteiger partial charge in [0.05, 0.1) is 0 Å². The molecule has 0 unspecified atom stereocenters. The zero-order chi connectivity index (χ0) is 20.3. The Kier molecular flexibility index (Phi) is 6.26. The SMILES string of the molecule is Cc1ccc(-c2c(CSc3ncc[nH]3)c(C)nc(CC(C)(C)C)c2CN)cc1. The molecule has 148 valence electrons. The lowest BCUT2D eigenvalue weighted by Gasteiger charge is -2.24. The Balaban J connectivity index is 2.14. The number of H-pyrrole nitrogens is 1. The number of hydrogen-bond donors (Lipinski definition) is 2. The minimum atomic E-state index is 0.151. The van der Waals surface area contributed by atoms with E-state index in [1.54, 1.807) is 18.0 Å². The first-order valence-electron chi connectivity index (χ1n) is 9.69. The fourth-order valence-electron chi connectivity index (χ4n) is 3.43. The maximum Gasteiger partial charge on any atom is 0.165 e.